The number of benzene rings is 1. The zero-order valence-electron chi connectivity index (χ0n) is 15.1. The molecule has 0 aliphatic carbocycles. The van der Waals surface area contributed by atoms with Gasteiger partial charge in [-0.1, -0.05) is 6.08 Å². The van der Waals surface area contributed by atoms with Crippen molar-refractivity contribution < 1.29 is 31.1 Å². The van der Waals surface area contributed by atoms with Gasteiger partial charge in [0.15, 0.2) is 11.6 Å². The lowest BCUT2D eigenvalue weighted by Crippen LogP contribution is -2.56. The summed E-state index contributed by atoms with van der Waals surface area (Å²) in [7, 11) is 0. The van der Waals surface area contributed by atoms with Crippen molar-refractivity contribution in [2.24, 2.45) is 0 Å². The number of aryl methyl sites for hydroxylation is 1. The number of alkyl halides is 3. The molecule has 1 aromatic carbocycles. The molecular weight excluding hydrogens is 402 g/mol. The fourth-order valence-corrected chi connectivity index (χ4v) is 2.74. The van der Waals surface area contributed by atoms with Gasteiger partial charge in [-0.05, 0) is 37.0 Å². The minimum Gasteiger partial charge on any atom is -0.330 e. The van der Waals surface area contributed by atoms with E-state index in [0.29, 0.717) is 23.8 Å². The second-order valence-corrected chi connectivity index (χ2v) is 6.36. The van der Waals surface area contributed by atoms with Crippen LogP contribution in [0.15, 0.2) is 24.3 Å². The van der Waals surface area contributed by atoms with E-state index in [-0.39, 0.29) is 31.6 Å². The van der Waals surface area contributed by atoms with Crippen LogP contribution in [0.4, 0.5) is 26.3 Å². The van der Waals surface area contributed by atoms with Gasteiger partial charge in [-0.3, -0.25) is 15.6 Å². The highest BCUT2D eigenvalue weighted by molar-refractivity contribution is 6.03. The van der Waals surface area contributed by atoms with Gasteiger partial charge in [0.2, 0.25) is 11.7 Å². The molecule has 1 amide bonds. The molecule has 5 nitrogen and oxygen atoms in total. The number of hydrogen-bond donors (Lipinski definition) is 2. The molecule has 0 bridgehead atoms. The molecular formula is C18H18F6N4O. The van der Waals surface area contributed by atoms with Gasteiger partial charge >= 0.3 is 6.18 Å². The highest BCUT2D eigenvalue weighted by Gasteiger charge is 2.41. The topological polar surface area (TPSA) is 71.2 Å². The summed E-state index contributed by atoms with van der Waals surface area (Å²) >= 11 is 0. The third-order valence-corrected chi connectivity index (χ3v) is 4.28. The van der Waals surface area contributed by atoms with Gasteiger partial charge in [0.25, 0.3) is 0 Å². The second kappa shape index (κ2) is 9.10. The highest BCUT2D eigenvalue weighted by atomic mass is 19.4. The summed E-state index contributed by atoms with van der Waals surface area (Å²) < 4.78 is 77.2. The Morgan fingerprint density at radius 3 is 2.38 bits per heavy atom. The van der Waals surface area contributed by atoms with Crippen LogP contribution in [-0.2, 0) is 11.2 Å². The minimum atomic E-state index is -4.87. The Balaban J connectivity index is 1.81. The van der Waals surface area contributed by atoms with Crippen molar-refractivity contribution in [1.29, 1.82) is 10.8 Å². The van der Waals surface area contributed by atoms with Crippen LogP contribution < -0.4 is 0 Å². The van der Waals surface area contributed by atoms with Crippen molar-refractivity contribution in [2.75, 3.05) is 19.6 Å². The number of halogens is 6. The molecule has 2 rings (SSSR count). The standard InChI is InChI=1S/C18H18F6N4O/c19-12-9-14(21)13(20)8-11(12)4-2-1-3-5-16(29)27-6-7-28(15(25)10-27)17(26)18(22,23)24/h3,5,8-9,25-26H,1-2,4,6-7,10H2. The van der Waals surface area contributed by atoms with Crippen LogP contribution in [0.2, 0.25) is 0 Å². The second-order valence-electron chi connectivity index (χ2n) is 6.36. The van der Waals surface area contributed by atoms with Crippen LogP contribution in [0.3, 0.4) is 0 Å². The van der Waals surface area contributed by atoms with Crippen molar-refractivity contribution >= 4 is 17.6 Å². The van der Waals surface area contributed by atoms with E-state index in [4.69, 9.17) is 10.8 Å². The molecule has 0 spiro atoms. The molecule has 1 aliphatic rings. The van der Waals surface area contributed by atoms with E-state index in [1.807, 2.05) is 0 Å². The predicted molar refractivity (Wildman–Crippen MR) is 93.2 cm³/mol. The maximum atomic E-state index is 13.5. The predicted octanol–water partition coefficient (Wildman–Crippen LogP) is 3.64. The van der Waals surface area contributed by atoms with Crippen molar-refractivity contribution in [3.8, 4) is 0 Å². The number of carbonyl (C=O) groups excluding carboxylic acids is 1. The van der Waals surface area contributed by atoms with E-state index in [9.17, 15) is 31.1 Å². The van der Waals surface area contributed by atoms with E-state index in [0.717, 1.165) is 6.07 Å². The molecule has 1 fully saturated rings. The van der Waals surface area contributed by atoms with Gasteiger partial charge in [0.1, 0.15) is 11.7 Å². The number of nitrogens with zero attached hydrogens (tertiary/aromatic N) is 2. The number of hydrogen-bond acceptors (Lipinski definition) is 3. The Labute approximate surface area is 162 Å². The Hall–Kier alpha value is -2.85. The third kappa shape index (κ3) is 5.81. The summed E-state index contributed by atoms with van der Waals surface area (Å²) in [5.74, 6) is -5.93. The maximum Gasteiger partial charge on any atom is 0.449 e. The number of carbonyl (C=O) groups is 1. The molecule has 0 atom stereocenters. The van der Waals surface area contributed by atoms with E-state index < -0.39 is 41.2 Å². The normalized spacial score (nSPS) is 15.3. The molecule has 29 heavy (non-hydrogen) atoms. The molecule has 2 N–H and O–H groups in total. The number of amidine groups is 2. The molecule has 0 radical (unpaired) electrons. The Morgan fingerprint density at radius 2 is 1.76 bits per heavy atom. The zero-order valence-corrected chi connectivity index (χ0v) is 15.1. The summed E-state index contributed by atoms with van der Waals surface area (Å²) in [4.78, 5) is 13.8. The molecule has 0 unspecified atom stereocenters. The largest absolute Gasteiger partial charge is 0.449 e. The van der Waals surface area contributed by atoms with Crippen molar-refractivity contribution in [3.05, 3.63) is 47.3 Å². The van der Waals surface area contributed by atoms with Crippen LogP contribution in [0.25, 0.3) is 0 Å². The Morgan fingerprint density at radius 1 is 1.10 bits per heavy atom. The van der Waals surface area contributed by atoms with Gasteiger partial charge in [-0.15, -0.1) is 0 Å². The first-order valence-electron chi connectivity index (χ1n) is 8.60. The molecule has 1 aliphatic heterocycles. The average Bonchev–Trinajstić information content (AvgIpc) is 2.63. The summed E-state index contributed by atoms with van der Waals surface area (Å²) in [6.07, 6.45) is -1.37. The van der Waals surface area contributed by atoms with E-state index in [1.165, 1.54) is 17.1 Å². The highest BCUT2D eigenvalue weighted by Crippen LogP contribution is 2.20. The van der Waals surface area contributed by atoms with Crippen LogP contribution in [0.1, 0.15) is 18.4 Å². The fourth-order valence-electron chi connectivity index (χ4n) is 2.74. The number of unbranched alkanes of at least 4 members (excludes halogenated alkanes) is 1. The Bertz CT molecular complexity index is 836. The van der Waals surface area contributed by atoms with Crippen molar-refractivity contribution in [3.63, 3.8) is 0 Å². The average molecular weight is 420 g/mol. The van der Waals surface area contributed by atoms with E-state index >= 15 is 0 Å². The van der Waals surface area contributed by atoms with Crippen LogP contribution in [-0.4, -0.2) is 53.2 Å². The molecule has 11 heteroatoms. The maximum absolute atomic E-state index is 13.5. The number of rotatable bonds is 5. The summed E-state index contributed by atoms with van der Waals surface area (Å²) in [5.41, 5.74) is 0.0142. The monoisotopic (exact) mass is 420 g/mol. The van der Waals surface area contributed by atoms with E-state index in [2.05, 4.69) is 0 Å². The van der Waals surface area contributed by atoms with Gasteiger partial charge in [0, 0.05) is 19.2 Å². The first kappa shape index (κ1) is 22.4. The van der Waals surface area contributed by atoms with Crippen molar-refractivity contribution in [2.45, 2.75) is 25.4 Å². The summed E-state index contributed by atoms with van der Waals surface area (Å²) in [5, 5.41) is 14.7. The number of piperazine rings is 1. The van der Waals surface area contributed by atoms with Crippen LogP contribution in [0.5, 0.6) is 0 Å². The van der Waals surface area contributed by atoms with Gasteiger partial charge in [0.05, 0.1) is 6.54 Å². The molecule has 0 saturated carbocycles. The first-order chi connectivity index (χ1) is 13.5. The minimum absolute atomic E-state index is 0.0142. The van der Waals surface area contributed by atoms with Gasteiger partial charge < -0.3 is 9.80 Å². The van der Waals surface area contributed by atoms with Crippen LogP contribution in [0, 0.1) is 28.3 Å². The summed E-state index contributed by atoms with van der Waals surface area (Å²) in [6, 6.07) is 1.25. The molecule has 0 aromatic heterocycles. The van der Waals surface area contributed by atoms with Gasteiger partial charge in [-0.25, -0.2) is 13.2 Å². The lowest BCUT2D eigenvalue weighted by molar-refractivity contribution is -0.126. The van der Waals surface area contributed by atoms with Crippen molar-refractivity contribution in [1.82, 2.24) is 9.80 Å². The lowest BCUT2D eigenvalue weighted by atomic mass is 10.1. The molecule has 1 heterocycles. The van der Waals surface area contributed by atoms with Gasteiger partial charge in [-0.2, -0.15) is 13.2 Å². The molecule has 1 saturated heterocycles. The van der Waals surface area contributed by atoms with Crippen LogP contribution >= 0.6 is 0 Å². The number of nitrogens with one attached hydrogen (secondary N) is 2. The first-order valence-corrected chi connectivity index (χ1v) is 8.60. The number of amides is 1. The quantitative estimate of drug-likeness (QED) is 0.191. The molecule has 1 aromatic rings. The third-order valence-electron chi connectivity index (χ3n) is 4.28. The fraction of sp³-hybridized carbons (Fsp3) is 0.389. The SMILES string of the molecule is N=C1CN(C(=O)C=CCCCc2cc(F)c(F)cc2F)CCN1C(=N)C(F)(F)F. The van der Waals surface area contributed by atoms with E-state index in [1.54, 1.807) is 0 Å². The number of allylic oxidation sites excluding steroid dienone is 1. The molecule has 158 valence electrons. The Kier molecular flexibility index (Phi) is 7.04. The zero-order chi connectivity index (χ0) is 21.8. The summed E-state index contributed by atoms with van der Waals surface area (Å²) in [6.45, 7) is -0.752. The lowest BCUT2D eigenvalue weighted by Gasteiger charge is -2.36. The smallest absolute Gasteiger partial charge is 0.330 e.